The molecule has 0 spiro atoms. The number of carbonyl (C=O) groups excluding carboxylic acids is 2. The minimum Gasteiger partial charge on any atom is -0.461 e. The number of hydrogen-bond donors (Lipinski definition) is 0. The van der Waals surface area contributed by atoms with Crippen LogP contribution in [0.2, 0.25) is 0 Å². The van der Waals surface area contributed by atoms with E-state index in [1.54, 1.807) is 6.08 Å². The summed E-state index contributed by atoms with van der Waals surface area (Å²) in [4.78, 5) is 26.0. The fraction of sp³-hybridized carbons (Fsp3) is 0.750. The highest BCUT2D eigenvalue weighted by Gasteiger charge is 2.36. The zero-order valence-electron chi connectivity index (χ0n) is 13.6. The lowest BCUT2D eigenvalue weighted by atomic mass is 10.0. The van der Waals surface area contributed by atoms with Crippen LogP contribution in [-0.4, -0.2) is 41.3 Å². The van der Waals surface area contributed by atoms with Gasteiger partial charge >= 0.3 is 12.1 Å². The Labute approximate surface area is 127 Å². The molecule has 5 nitrogen and oxygen atoms in total. The molecule has 0 N–H and O–H groups in total. The minimum atomic E-state index is -0.570. The molecule has 1 rings (SSSR count). The third-order valence-electron chi connectivity index (χ3n) is 3.22. The Morgan fingerprint density at radius 2 is 2.05 bits per heavy atom. The van der Waals surface area contributed by atoms with Crippen molar-refractivity contribution in [3.05, 3.63) is 12.7 Å². The third kappa shape index (κ3) is 5.78. The molecule has 1 saturated heterocycles. The third-order valence-corrected chi connectivity index (χ3v) is 3.22. The van der Waals surface area contributed by atoms with Gasteiger partial charge < -0.3 is 9.47 Å². The highest BCUT2D eigenvalue weighted by molar-refractivity contribution is 5.82. The first-order valence-electron chi connectivity index (χ1n) is 7.55. The zero-order chi connectivity index (χ0) is 16.0. The second kappa shape index (κ2) is 7.48. The monoisotopic (exact) mass is 297 g/mol. The fourth-order valence-corrected chi connectivity index (χ4v) is 2.28. The number of ether oxygens (including phenoxy) is 2. The largest absolute Gasteiger partial charge is 0.461 e. The normalized spacial score (nSPS) is 20.6. The predicted molar refractivity (Wildman–Crippen MR) is 80.9 cm³/mol. The first kappa shape index (κ1) is 17.5. The van der Waals surface area contributed by atoms with Gasteiger partial charge in [0.25, 0.3) is 0 Å². The van der Waals surface area contributed by atoms with Gasteiger partial charge in [-0.05, 0) is 47.0 Å². The van der Waals surface area contributed by atoms with Crippen molar-refractivity contribution in [2.24, 2.45) is 0 Å². The smallest absolute Gasteiger partial charge is 0.411 e. The van der Waals surface area contributed by atoms with Crippen LogP contribution in [-0.2, 0) is 14.3 Å². The van der Waals surface area contributed by atoms with Crippen molar-refractivity contribution >= 4 is 12.1 Å². The van der Waals surface area contributed by atoms with E-state index in [1.165, 1.54) is 4.90 Å². The van der Waals surface area contributed by atoms with E-state index < -0.39 is 17.7 Å². The maximum absolute atomic E-state index is 12.3. The summed E-state index contributed by atoms with van der Waals surface area (Å²) in [7, 11) is 0. The summed E-state index contributed by atoms with van der Waals surface area (Å²) in [6.45, 7) is 11.4. The fourth-order valence-electron chi connectivity index (χ4n) is 2.28. The molecule has 1 aliphatic heterocycles. The first-order chi connectivity index (χ1) is 9.74. The zero-order valence-corrected chi connectivity index (χ0v) is 13.6. The molecule has 2 atom stereocenters. The van der Waals surface area contributed by atoms with Crippen molar-refractivity contribution in [3.63, 3.8) is 0 Å². The number of piperidine rings is 1. The van der Waals surface area contributed by atoms with Gasteiger partial charge in [0.1, 0.15) is 17.7 Å². The van der Waals surface area contributed by atoms with Gasteiger partial charge in [-0.1, -0.05) is 6.08 Å². The Kier molecular flexibility index (Phi) is 6.24. The van der Waals surface area contributed by atoms with Gasteiger partial charge in [-0.25, -0.2) is 9.59 Å². The molecule has 1 heterocycles. The molecule has 0 saturated carbocycles. The van der Waals surface area contributed by atoms with Crippen molar-refractivity contribution in [3.8, 4) is 0 Å². The molecule has 1 fully saturated rings. The molecule has 0 aliphatic carbocycles. The van der Waals surface area contributed by atoms with Crippen LogP contribution in [0, 0.1) is 0 Å². The lowest BCUT2D eigenvalue weighted by Gasteiger charge is -2.35. The molecule has 0 aromatic carbocycles. The average Bonchev–Trinajstić information content (AvgIpc) is 2.36. The molecule has 21 heavy (non-hydrogen) atoms. The molecule has 1 amide bonds. The van der Waals surface area contributed by atoms with Crippen LogP contribution < -0.4 is 0 Å². The Hall–Kier alpha value is -1.52. The number of nitrogens with zero attached hydrogens (tertiary/aromatic N) is 1. The van der Waals surface area contributed by atoms with Gasteiger partial charge in [-0.2, -0.15) is 0 Å². The van der Waals surface area contributed by atoms with E-state index in [0.29, 0.717) is 19.4 Å². The number of hydrogen-bond acceptors (Lipinski definition) is 4. The maximum atomic E-state index is 12.3. The average molecular weight is 297 g/mol. The van der Waals surface area contributed by atoms with E-state index in [4.69, 9.17) is 9.47 Å². The van der Waals surface area contributed by atoms with Crippen LogP contribution in [0.25, 0.3) is 0 Å². The molecular formula is C16H27NO4. The van der Waals surface area contributed by atoms with Crippen molar-refractivity contribution in [1.29, 1.82) is 0 Å². The molecule has 0 radical (unpaired) electrons. The number of esters is 1. The van der Waals surface area contributed by atoms with E-state index in [2.05, 4.69) is 6.58 Å². The molecular weight excluding hydrogens is 270 g/mol. The van der Waals surface area contributed by atoms with Crippen molar-refractivity contribution in [2.45, 2.75) is 71.1 Å². The van der Waals surface area contributed by atoms with E-state index in [-0.39, 0.29) is 12.1 Å². The number of rotatable bonds is 4. The summed E-state index contributed by atoms with van der Waals surface area (Å²) in [5, 5.41) is 0. The van der Waals surface area contributed by atoms with Crippen LogP contribution in [0.15, 0.2) is 12.7 Å². The number of likely N-dealkylation sites (tertiary alicyclic amines) is 1. The van der Waals surface area contributed by atoms with Crippen LogP contribution in [0.5, 0.6) is 0 Å². The summed E-state index contributed by atoms with van der Waals surface area (Å²) < 4.78 is 10.8. The minimum absolute atomic E-state index is 0.225. The second-order valence-electron chi connectivity index (χ2n) is 6.46. The summed E-state index contributed by atoms with van der Waals surface area (Å²) in [5.41, 5.74) is -0.570. The Morgan fingerprint density at radius 3 is 2.62 bits per heavy atom. The van der Waals surface area contributed by atoms with Gasteiger partial charge in [0.05, 0.1) is 0 Å². The van der Waals surface area contributed by atoms with Crippen LogP contribution in [0.3, 0.4) is 0 Å². The topological polar surface area (TPSA) is 55.8 Å². The van der Waals surface area contributed by atoms with E-state index in [9.17, 15) is 9.59 Å². The summed E-state index contributed by atoms with van der Waals surface area (Å²) in [6, 6.07) is -0.541. The molecule has 1 aliphatic rings. The first-order valence-corrected chi connectivity index (χ1v) is 7.55. The molecule has 0 unspecified atom stereocenters. The quantitative estimate of drug-likeness (QED) is 0.590. The van der Waals surface area contributed by atoms with Crippen molar-refractivity contribution in [1.82, 2.24) is 4.90 Å². The number of carbonyl (C=O) groups is 2. The summed E-state index contributed by atoms with van der Waals surface area (Å²) in [6.07, 6.45) is 4.06. The van der Waals surface area contributed by atoms with E-state index in [0.717, 1.165) is 12.8 Å². The van der Waals surface area contributed by atoms with Crippen molar-refractivity contribution < 1.29 is 19.1 Å². The van der Waals surface area contributed by atoms with E-state index in [1.807, 2.05) is 27.7 Å². The Bertz CT molecular complexity index is 386. The van der Waals surface area contributed by atoms with Gasteiger partial charge in [-0.3, -0.25) is 4.90 Å². The summed E-state index contributed by atoms with van der Waals surface area (Å²) >= 11 is 0. The predicted octanol–water partition coefficient (Wildman–Crippen LogP) is 3.28. The van der Waals surface area contributed by atoms with Crippen LogP contribution in [0.1, 0.15) is 53.4 Å². The molecule has 5 heteroatoms. The van der Waals surface area contributed by atoms with Gasteiger partial charge in [0, 0.05) is 13.0 Å². The highest BCUT2D eigenvalue weighted by Crippen LogP contribution is 2.22. The molecule has 0 aromatic rings. The van der Waals surface area contributed by atoms with Crippen molar-refractivity contribution in [2.75, 3.05) is 6.54 Å². The maximum Gasteiger partial charge on any atom is 0.411 e. The van der Waals surface area contributed by atoms with Crippen LogP contribution >= 0.6 is 0 Å². The Balaban J connectivity index is 2.70. The lowest BCUT2D eigenvalue weighted by Crippen LogP contribution is -2.50. The van der Waals surface area contributed by atoms with Gasteiger partial charge in [0.2, 0.25) is 0 Å². The molecule has 0 bridgehead atoms. The van der Waals surface area contributed by atoms with Crippen LogP contribution in [0.4, 0.5) is 4.79 Å². The highest BCUT2D eigenvalue weighted by atomic mass is 16.6. The summed E-state index contributed by atoms with van der Waals surface area (Å²) in [5.74, 6) is -0.352. The van der Waals surface area contributed by atoms with E-state index >= 15 is 0 Å². The lowest BCUT2D eigenvalue weighted by molar-refractivity contribution is -0.155. The SMILES string of the molecule is C=CC[C@@H](C)OC(=O)[C@@H]1CCCCN1C(=O)OC(C)(C)C. The Morgan fingerprint density at radius 1 is 1.38 bits per heavy atom. The second-order valence-corrected chi connectivity index (χ2v) is 6.46. The molecule has 0 aromatic heterocycles. The standard InChI is InChI=1S/C16H27NO4/c1-6-9-12(2)20-14(18)13-10-7-8-11-17(13)15(19)21-16(3,4)5/h6,12-13H,1,7-11H2,2-5H3/t12-,13+/m1/s1. The van der Waals surface area contributed by atoms with Gasteiger partial charge in [0.15, 0.2) is 0 Å². The molecule has 120 valence electrons. The van der Waals surface area contributed by atoms with Gasteiger partial charge in [-0.15, -0.1) is 6.58 Å². The number of amides is 1.